The Morgan fingerprint density at radius 1 is 1.24 bits per heavy atom. The molecule has 1 N–H and O–H groups in total. The van der Waals surface area contributed by atoms with Crippen LogP contribution in [-0.2, 0) is 13.0 Å². The molecule has 2 heterocycles. The fourth-order valence-corrected chi connectivity index (χ4v) is 4.27. The molecule has 1 fully saturated rings. The van der Waals surface area contributed by atoms with Gasteiger partial charge in [-0.25, -0.2) is 4.98 Å². The molecule has 0 saturated heterocycles. The average Bonchev–Trinajstić information content (AvgIpc) is 2.88. The van der Waals surface area contributed by atoms with E-state index in [-0.39, 0.29) is 0 Å². The number of imidazole rings is 1. The first kappa shape index (κ1) is 15.1. The Morgan fingerprint density at radius 2 is 2.00 bits per heavy atom. The molecule has 0 aromatic carbocycles. The van der Waals surface area contributed by atoms with E-state index < -0.39 is 0 Å². The third-order valence-corrected chi connectivity index (χ3v) is 5.35. The predicted octanol–water partition coefficient (Wildman–Crippen LogP) is 4.18. The van der Waals surface area contributed by atoms with E-state index in [0.717, 1.165) is 25.4 Å². The van der Waals surface area contributed by atoms with Crippen LogP contribution in [0.25, 0.3) is 0 Å². The first-order valence-electron chi connectivity index (χ1n) is 9.01. The predicted molar refractivity (Wildman–Crippen MR) is 87.6 cm³/mol. The number of nitrogens with zero attached hydrogens (tertiary/aromatic N) is 2. The maximum absolute atomic E-state index is 4.98. The first-order chi connectivity index (χ1) is 10.2. The molecule has 0 radical (unpaired) electrons. The molecule has 0 amide bonds. The van der Waals surface area contributed by atoms with Gasteiger partial charge in [-0.2, -0.15) is 0 Å². The fourth-order valence-electron chi connectivity index (χ4n) is 4.27. The minimum atomic E-state index is 0.531. The van der Waals surface area contributed by atoms with E-state index in [1.54, 1.807) is 0 Å². The molecule has 0 unspecified atom stereocenters. The maximum Gasteiger partial charge on any atom is 0.112 e. The lowest BCUT2D eigenvalue weighted by atomic mass is 9.83. The van der Waals surface area contributed by atoms with Crippen LogP contribution in [0, 0.1) is 5.92 Å². The van der Waals surface area contributed by atoms with Crippen LogP contribution in [0.3, 0.4) is 0 Å². The zero-order valence-electron chi connectivity index (χ0n) is 14.0. The summed E-state index contributed by atoms with van der Waals surface area (Å²) in [6.45, 7) is 8.98. The zero-order chi connectivity index (χ0) is 14.8. The lowest BCUT2D eigenvalue weighted by molar-refractivity contribution is 0.254. The van der Waals surface area contributed by atoms with Gasteiger partial charge in [-0.05, 0) is 31.6 Å². The maximum atomic E-state index is 4.98. The second kappa shape index (κ2) is 6.51. The normalized spacial score (nSPS) is 26.1. The van der Waals surface area contributed by atoms with Crippen molar-refractivity contribution in [1.29, 1.82) is 0 Å². The molecular formula is C18H31N3. The zero-order valence-corrected chi connectivity index (χ0v) is 14.0. The van der Waals surface area contributed by atoms with Crippen LogP contribution in [0.2, 0.25) is 0 Å². The van der Waals surface area contributed by atoms with Gasteiger partial charge in [0.05, 0.1) is 5.69 Å². The van der Waals surface area contributed by atoms with Gasteiger partial charge >= 0.3 is 0 Å². The molecule has 0 bridgehead atoms. The molecule has 1 aromatic heterocycles. The van der Waals surface area contributed by atoms with Gasteiger partial charge < -0.3 is 9.88 Å². The van der Waals surface area contributed by atoms with Crippen molar-refractivity contribution >= 4 is 0 Å². The van der Waals surface area contributed by atoms with E-state index in [2.05, 4.69) is 30.7 Å². The van der Waals surface area contributed by atoms with Crippen LogP contribution in [0.5, 0.6) is 0 Å². The Kier molecular flexibility index (Phi) is 4.68. The second-order valence-electron chi connectivity index (χ2n) is 7.28. The van der Waals surface area contributed by atoms with Crippen molar-refractivity contribution in [1.82, 2.24) is 14.9 Å². The Morgan fingerprint density at radius 3 is 2.67 bits per heavy atom. The Balaban J connectivity index is 1.82. The van der Waals surface area contributed by atoms with Crippen LogP contribution < -0.4 is 5.32 Å². The smallest absolute Gasteiger partial charge is 0.112 e. The molecule has 1 saturated carbocycles. The van der Waals surface area contributed by atoms with Gasteiger partial charge in [0.2, 0.25) is 0 Å². The van der Waals surface area contributed by atoms with E-state index in [9.17, 15) is 0 Å². The SMILES string of the molecule is CCCC1CCC(n2c(C(C)C)nc3c2CCNC3)CC1. The second-order valence-corrected chi connectivity index (χ2v) is 7.28. The molecule has 0 atom stereocenters. The van der Waals surface area contributed by atoms with Crippen molar-refractivity contribution in [2.45, 2.75) is 84.2 Å². The van der Waals surface area contributed by atoms with E-state index in [1.807, 2.05) is 0 Å². The number of nitrogens with one attached hydrogen (secondary N) is 1. The Hall–Kier alpha value is -0.830. The molecule has 1 aliphatic carbocycles. The highest BCUT2D eigenvalue weighted by Crippen LogP contribution is 2.38. The van der Waals surface area contributed by atoms with Crippen LogP contribution in [-0.4, -0.2) is 16.1 Å². The largest absolute Gasteiger partial charge is 0.328 e. The van der Waals surface area contributed by atoms with Crippen molar-refractivity contribution in [2.75, 3.05) is 6.54 Å². The third-order valence-electron chi connectivity index (χ3n) is 5.35. The molecule has 21 heavy (non-hydrogen) atoms. The minimum absolute atomic E-state index is 0.531. The van der Waals surface area contributed by atoms with E-state index in [4.69, 9.17) is 4.98 Å². The first-order valence-corrected chi connectivity index (χ1v) is 9.01. The summed E-state index contributed by atoms with van der Waals surface area (Å²) in [5.74, 6) is 2.85. The third kappa shape index (κ3) is 3.03. The molecule has 2 aliphatic rings. The van der Waals surface area contributed by atoms with Crippen molar-refractivity contribution in [3.63, 3.8) is 0 Å². The number of hydrogen-bond donors (Lipinski definition) is 1. The quantitative estimate of drug-likeness (QED) is 0.901. The summed E-state index contributed by atoms with van der Waals surface area (Å²) in [7, 11) is 0. The number of rotatable bonds is 4. The van der Waals surface area contributed by atoms with Crippen LogP contribution in [0.15, 0.2) is 0 Å². The molecular weight excluding hydrogens is 258 g/mol. The standard InChI is InChI=1S/C18H31N3/c1-4-5-14-6-8-15(9-7-14)21-17-10-11-19-12-16(17)20-18(21)13(2)3/h13-15,19H,4-12H2,1-3H3. The highest BCUT2D eigenvalue weighted by Gasteiger charge is 2.29. The molecule has 118 valence electrons. The van der Waals surface area contributed by atoms with E-state index in [1.165, 1.54) is 55.7 Å². The lowest BCUT2D eigenvalue weighted by Crippen LogP contribution is -2.27. The van der Waals surface area contributed by atoms with Crippen molar-refractivity contribution < 1.29 is 0 Å². The van der Waals surface area contributed by atoms with Gasteiger partial charge in [0, 0.05) is 37.2 Å². The summed E-state index contributed by atoms with van der Waals surface area (Å²) < 4.78 is 2.66. The molecule has 1 aliphatic heterocycles. The van der Waals surface area contributed by atoms with E-state index >= 15 is 0 Å². The molecule has 3 nitrogen and oxygen atoms in total. The summed E-state index contributed by atoms with van der Waals surface area (Å²) >= 11 is 0. The topological polar surface area (TPSA) is 29.9 Å². The highest BCUT2D eigenvalue weighted by atomic mass is 15.1. The average molecular weight is 289 g/mol. The Bertz CT molecular complexity index is 467. The van der Waals surface area contributed by atoms with Crippen LogP contribution >= 0.6 is 0 Å². The van der Waals surface area contributed by atoms with Gasteiger partial charge in [0.15, 0.2) is 0 Å². The monoisotopic (exact) mass is 289 g/mol. The minimum Gasteiger partial charge on any atom is -0.328 e. The summed E-state index contributed by atoms with van der Waals surface area (Å²) in [6, 6.07) is 0.713. The summed E-state index contributed by atoms with van der Waals surface area (Å²) in [6.07, 6.45) is 9.49. The summed E-state index contributed by atoms with van der Waals surface area (Å²) in [4.78, 5) is 4.98. The number of aromatic nitrogens is 2. The molecule has 0 spiro atoms. The van der Waals surface area contributed by atoms with Gasteiger partial charge in [0.1, 0.15) is 5.82 Å². The van der Waals surface area contributed by atoms with Gasteiger partial charge in [0.25, 0.3) is 0 Å². The van der Waals surface area contributed by atoms with E-state index in [0.29, 0.717) is 12.0 Å². The summed E-state index contributed by atoms with van der Waals surface area (Å²) in [5, 5.41) is 3.47. The van der Waals surface area contributed by atoms with Crippen molar-refractivity contribution in [3.8, 4) is 0 Å². The van der Waals surface area contributed by atoms with Crippen molar-refractivity contribution in [3.05, 3.63) is 17.2 Å². The van der Waals surface area contributed by atoms with Crippen molar-refractivity contribution in [2.24, 2.45) is 5.92 Å². The molecule has 1 aromatic rings. The summed E-state index contributed by atoms with van der Waals surface area (Å²) in [5.41, 5.74) is 2.86. The van der Waals surface area contributed by atoms with Gasteiger partial charge in [-0.15, -0.1) is 0 Å². The molecule has 3 rings (SSSR count). The van der Waals surface area contributed by atoms with Crippen LogP contribution in [0.4, 0.5) is 0 Å². The lowest BCUT2D eigenvalue weighted by Gasteiger charge is -2.32. The fraction of sp³-hybridized carbons (Fsp3) is 0.833. The van der Waals surface area contributed by atoms with Crippen LogP contribution in [0.1, 0.15) is 88.5 Å². The van der Waals surface area contributed by atoms with Gasteiger partial charge in [-0.1, -0.05) is 33.6 Å². The highest BCUT2D eigenvalue weighted by molar-refractivity contribution is 5.23. The number of hydrogen-bond acceptors (Lipinski definition) is 2. The van der Waals surface area contributed by atoms with Gasteiger partial charge in [-0.3, -0.25) is 0 Å². The Labute approximate surface area is 129 Å². The molecule has 3 heteroatoms. The number of fused-ring (bicyclic) bond motifs is 1.